The second kappa shape index (κ2) is 10.0. The standard InChI is InChI=1S/C25H19BrClNO4/c1-2-30-22-14-17(12-20(27)23(22)31-15-16-8-4-3-5-9-16)13-21-25(29)32-24(28-21)18-10-6-7-11-19(18)26/h3-14H,2,15H2,1H3/b21-13-. The Hall–Kier alpha value is -3.09. The monoisotopic (exact) mass is 511 g/mol. The first kappa shape index (κ1) is 22.1. The van der Waals surface area contributed by atoms with E-state index in [1.807, 2.05) is 61.5 Å². The van der Waals surface area contributed by atoms with Crippen molar-refractivity contribution in [3.63, 3.8) is 0 Å². The van der Waals surface area contributed by atoms with Crippen LogP contribution in [0.1, 0.15) is 23.6 Å². The maximum atomic E-state index is 12.4. The fraction of sp³-hybridized carbons (Fsp3) is 0.120. The lowest BCUT2D eigenvalue weighted by molar-refractivity contribution is -0.129. The van der Waals surface area contributed by atoms with E-state index in [1.165, 1.54) is 0 Å². The predicted molar refractivity (Wildman–Crippen MR) is 128 cm³/mol. The number of halogens is 2. The van der Waals surface area contributed by atoms with Gasteiger partial charge in [-0.2, -0.15) is 0 Å². The van der Waals surface area contributed by atoms with E-state index in [4.69, 9.17) is 25.8 Å². The molecular weight excluding hydrogens is 494 g/mol. The highest BCUT2D eigenvalue weighted by atomic mass is 79.9. The van der Waals surface area contributed by atoms with Crippen LogP contribution in [-0.2, 0) is 16.1 Å². The maximum Gasteiger partial charge on any atom is 0.363 e. The highest BCUT2D eigenvalue weighted by molar-refractivity contribution is 9.10. The lowest BCUT2D eigenvalue weighted by atomic mass is 10.1. The number of carbonyl (C=O) groups is 1. The number of esters is 1. The number of rotatable bonds is 7. The Bertz CT molecular complexity index is 1210. The lowest BCUT2D eigenvalue weighted by Gasteiger charge is -2.14. The van der Waals surface area contributed by atoms with E-state index >= 15 is 0 Å². The molecule has 3 aromatic carbocycles. The van der Waals surface area contributed by atoms with Crippen LogP contribution in [0.25, 0.3) is 6.08 Å². The molecule has 0 radical (unpaired) electrons. The third-order valence-electron chi connectivity index (χ3n) is 4.59. The Labute approximate surface area is 199 Å². The zero-order chi connectivity index (χ0) is 22.5. The van der Waals surface area contributed by atoms with Gasteiger partial charge in [-0.15, -0.1) is 0 Å². The minimum absolute atomic E-state index is 0.173. The number of aliphatic imine (C=N–C) groups is 1. The van der Waals surface area contributed by atoms with Crippen molar-refractivity contribution >= 4 is 45.5 Å². The van der Waals surface area contributed by atoms with E-state index < -0.39 is 5.97 Å². The second-order valence-corrected chi connectivity index (χ2v) is 8.11. The summed E-state index contributed by atoms with van der Waals surface area (Å²) in [6.45, 7) is 2.67. The van der Waals surface area contributed by atoms with Crippen LogP contribution in [0.5, 0.6) is 11.5 Å². The summed E-state index contributed by atoms with van der Waals surface area (Å²) in [6.07, 6.45) is 1.61. The van der Waals surface area contributed by atoms with Gasteiger partial charge in [0.05, 0.1) is 17.2 Å². The third-order valence-corrected chi connectivity index (χ3v) is 5.56. The van der Waals surface area contributed by atoms with Gasteiger partial charge in [-0.1, -0.05) is 54.1 Å². The molecule has 0 bridgehead atoms. The van der Waals surface area contributed by atoms with Crippen LogP contribution in [0.4, 0.5) is 0 Å². The van der Waals surface area contributed by atoms with Crippen molar-refractivity contribution in [1.29, 1.82) is 0 Å². The molecule has 1 heterocycles. The van der Waals surface area contributed by atoms with E-state index in [0.29, 0.717) is 40.9 Å². The normalized spacial score (nSPS) is 14.3. The predicted octanol–water partition coefficient (Wildman–Crippen LogP) is 6.42. The van der Waals surface area contributed by atoms with Crippen LogP contribution in [0, 0.1) is 0 Å². The molecule has 0 saturated carbocycles. The van der Waals surface area contributed by atoms with Crippen LogP contribution in [0.2, 0.25) is 5.02 Å². The van der Waals surface area contributed by atoms with Crippen LogP contribution in [0.3, 0.4) is 0 Å². The number of hydrogen-bond donors (Lipinski definition) is 0. The zero-order valence-electron chi connectivity index (χ0n) is 17.2. The third kappa shape index (κ3) is 5.03. The molecule has 3 aromatic rings. The molecule has 5 nitrogen and oxygen atoms in total. The number of nitrogens with zero attached hydrogens (tertiary/aromatic N) is 1. The van der Waals surface area contributed by atoms with Crippen molar-refractivity contribution < 1.29 is 19.0 Å². The lowest BCUT2D eigenvalue weighted by Crippen LogP contribution is -2.05. The molecule has 0 atom stereocenters. The molecule has 0 unspecified atom stereocenters. The van der Waals surface area contributed by atoms with Crippen LogP contribution >= 0.6 is 27.5 Å². The first-order valence-corrected chi connectivity index (χ1v) is 11.1. The Morgan fingerprint density at radius 2 is 1.81 bits per heavy atom. The minimum Gasteiger partial charge on any atom is -0.490 e. The topological polar surface area (TPSA) is 57.1 Å². The first-order chi connectivity index (χ1) is 15.5. The van der Waals surface area contributed by atoms with Crippen molar-refractivity contribution in [2.24, 2.45) is 4.99 Å². The van der Waals surface area contributed by atoms with Crippen molar-refractivity contribution in [3.05, 3.63) is 98.6 Å². The number of ether oxygens (including phenoxy) is 3. The smallest absolute Gasteiger partial charge is 0.363 e. The number of benzene rings is 3. The van der Waals surface area contributed by atoms with E-state index in [2.05, 4.69) is 20.9 Å². The first-order valence-electron chi connectivity index (χ1n) is 9.95. The van der Waals surface area contributed by atoms with Gasteiger partial charge in [0.1, 0.15) is 6.61 Å². The molecule has 0 N–H and O–H groups in total. The number of carbonyl (C=O) groups excluding carboxylic acids is 1. The molecule has 0 saturated heterocycles. The van der Waals surface area contributed by atoms with Crippen LogP contribution in [-0.4, -0.2) is 18.5 Å². The van der Waals surface area contributed by atoms with Gasteiger partial charge in [0.15, 0.2) is 17.2 Å². The van der Waals surface area contributed by atoms with Crippen molar-refractivity contribution in [2.45, 2.75) is 13.5 Å². The molecule has 1 aliphatic rings. The molecule has 0 aromatic heterocycles. The van der Waals surface area contributed by atoms with Gasteiger partial charge >= 0.3 is 5.97 Å². The number of hydrogen-bond acceptors (Lipinski definition) is 5. The summed E-state index contributed by atoms with van der Waals surface area (Å²) in [6, 6.07) is 20.7. The van der Waals surface area contributed by atoms with Gasteiger partial charge < -0.3 is 14.2 Å². The van der Waals surface area contributed by atoms with Gasteiger partial charge in [0.25, 0.3) is 0 Å². The summed E-state index contributed by atoms with van der Waals surface area (Å²) in [5.41, 5.74) is 2.53. The van der Waals surface area contributed by atoms with Crippen LogP contribution < -0.4 is 9.47 Å². The summed E-state index contributed by atoms with van der Waals surface area (Å²) >= 11 is 9.96. The second-order valence-electron chi connectivity index (χ2n) is 6.85. The van der Waals surface area contributed by atoms with E-state index in [1.54, 1.807) is 18.2 Å². The number of cyclic esters (lactones) is 1. The fourth-order valence-electron chi connectivity index (χ4n) is 3.12. The Balaban J connectivity index is 1.63. The molecule has 0 spiro atoms. The molecule has 162 valence electrons. The highest BCUT2D eigenvalue weighted by Gasteiger charge is 2.25. The Morgan fingerprint density at radius 3 is 2.56 bits per heavy atom. The Morgan fingerprint density at radius 1 is 1.06 bits per heavy atom. The molecule has 0 amide bonds. The largest absolute Gasteiger partial charge is 0.490 e. The minimum atomic E-state index is -0.533. The average molecular weight is 513 g/mol. The molecule has 0 fully saturated rings. The van der Waals surface area contributed by atoms with Gasteiger partial charge in [-0.3, -0.25) is 0 Å². The van der Waals surface area contributed by atoms with Gasteiger partial charge in [-0.05, 0) is 64.3 Å². The fourth-order valence-corrected chi connectivity index (χ4v) is 3.85. The Kier molecular flexibility index (Phi) is 6.93. The summed E-state index contributed by atoms with van der Waals surface area (Å²) in [4.78, 5) is 16.7. The average Bonchev–Trinajstić information content (AvgIpc) is 3.14. The maximum absolute atomic E-state index is 12.4. The van der Waals surface area contributed by atoms with Crippen molar-refractivity contribution in [2.75, 3.05) is 6.61 Å². The summed E-state index contributed by atoms with van der Waals surface area (Å²) < 4.78 is 17.8. The summed E-state index contributed by atoms with van der Waals surface area (Å²) in [7, 11) is 0. The van der Waals surface area contributed by atoms with Crippen molar-refractivity contribution in [1.82, 2.24) is 0 Å². The molecular formula is C25H19BrClNO4. The highest BCUT2D eigenvalue weighted by Crippen LogP contribution is 2.38. The molecule has 32 heavy (non-hydrogen) atoms. The summed E-state index contributed by atoms with van der Waals surface area (Å²) in [5.74, 6) is 0.650. The van der Waals surface area contributed by atoms with Crippen molar-refractivity contribution in [3.8, 4) is 11.5 Å². The van der Waals surface area contributed by atoms with Gasteiger partial charge in [-0.25, -0.2) is 9.79 Å². The summed E-state index contributed by atoms with van der Waals surface area (Å²) in [5, 5.41) is 0.375. The van der Waals surface area contributed by atoms with Gasteiger partial charge in [0.2, 0.25) is 5.90 Å². The molecule has 1 aliphatic heterocycles. The van der Waals surface area contributed by atoms with E-state index in [-0.39, 0.29) is 11.6 Å². The van der Waals surface area contributed by atoms with Gasteiger partial charge in [0, 0.05) is 4.47 Å². The molecule has 0 aliphatic carbocycles. The van der Waals surface area contributed by atoms with Crippen LogP contribution in [0.15, 0.2) is 81.9 Å². The van der Waals surface area contributed by atoms with E-state index in [9.17, 15) is 4.79 Å². The molecule has 4 rings (SSSR count). The SMILES string of the molecule is CCOc1cc(/C=C2\N=C(c3ccccc3Br)OC2=O)cc(Cl)c1OCc1ccccc1. The van der Waals surface area contributed by atoms with E-state index in [0.717, 1.165) is 10.0 Å². The molecule has 7 heteroatoms. The quantitative estimate of drug-likeness (QED) is 0.271. The zero-order valence-corrected chi connectivity index (χ0v) is 19.5.